The number of benzene rings is 1. The van der Waals surface area contributed by atoms with Gasteiger partial charge in [0.05, 0.1) is 12.1 Å². The number of pyridine rings is 2. The summed E-state index contributed by atoms with van der Waals surface area (Å²) in [7, 11) is 0. The van der Waals surface area contributed by atoms with Crippen molar-refractivity contribution in [1.82, 2.24) is 9.55 Å². The van der Waals surface area contributed by atoms with E-state index in [-0.39, 0.29) is 12.1 Å². The maximum absolute atomic E-state index is 12.9. The second-order valence-electron chi connectivity index (χ2n) is 5.77. The number of alkyl halides is 3. The van der Waals surface area contributed by atoms with Gasteiger partial charge in [0.2, 0.25) is 0 Å². The minimum Gasteiger partial charge on any atom is -0.288 e. The van der Waals surface area contributed by atoms with E-state index in [0.29, 0.717) is 11.2 Å². The Bertz CT molecular complexity index is 974. The lowest BCUT2D eigenvalue weighted by Crippen LogP contribution is -2.21. The summed E-state index contributed by atoms with van der Waals surface area (Å²) >= 11 is 0. The Kier molecular flexibility index (Phi) is 3.91. The summed E-state index contributed by atoms with van der Waals surface area (Å²) in [5.41, 5.74) is 1.59. The van der Waals surface area contributed by atoms with Gasteiger partial charge in [-0.1, -0.05) is 12.1 Å². The Morgan fingerprint density at radius 3 is 2.54 bits per heavy atom. The Hall–Kier alpha value is -2.63. The van der Waals surface area contributed by atoms with E-state index in [9.17, 15) is 18.0 Å². The molecule has 3 aromatic rings. The van der Waals surface area contributed by atoms with E-state index in [0.717, 1.165) is 28.8 Å². The largest absolute Gasteiger partial charge is 0.416 e. The number of hydrogen-bond acceptors (Lipinski definition) is 2. The molecule has 0 aliphatic carbocycles. The lowest BCUT2D eigenvalue weighted by atomic mass is 10.1. The van der Waals surface area contributed by atoms with Crippen molar-refractivity contribution in [2.24, 2.45) is 0 Å². The van der Waals surface area contributed by atoms with E-state index in [4.69, 9.17) is 0 Å². The van der Waals surface area contributed by atoms with Crippen molar-refractivity contribution in [2.75, 3.05) is 0 Å². The van der Waals surface area contributed by atoms with Crippen LogP contribution in [0.25, 0.3) is 11.0 Å². The molecule has 0 saturated heterocycles. The van der Waals surface area contributed by atoms with Gasteiger partial charge in [-0.05, 0) is 49.2 Å². The number of rotatable bonds is 2. The van der Waals surface area contributed by atoms with Crippen molar-refractivity contribution in [3.8, 4) is 0 Å². The van der Waals surface area contributed by atoms with Crippen LogP contribution < -0.4 is 5.56 Å². The third kappa shape index (κ3) is 3.04. The molecule has 0 fully saturated rings. The van der Waals surface area contributed by atoms with Gasteiger partial charge in [-0.3, -0.25) is 9.36 Å². The molecule has 24 heavy (non-hydrogen) atoms. The smallest absolute Gasteiger partial charge is 0.288 e. The lowest BCUT2D eigenvalue weighted by Gasteiger charge is -2.13. The van der Waals surface area contributed by atoms with Gasteiger partial charge in [0.25, 0.3) is 5.56 Å². The van der Waals surface area contributed by atoms with Crippen LogP contribution in [0.15, 0.2) is 47.3 Å². The summed E-state index contributed by atoms with van der Waals surface area (Å²) in [5, 5.41) is 0.812. The Balaban J connectivity index is 2.14. The molecular weight excluding hydrogens is 317 g/mol. The van der Waals surface area contributed by atoms with E-state index in [1.807, 2.05) is 19.9 Å². The Labute approximate surface area is 136 Å². The van der Waals surface area contributed by atoms with Crippen LogP contribution >= 0.6 is 0 Å². The topological polar surface area (TPSA) is 34.9 Å². The summed E-state index contributed by atoms with van der Waals surface area (Å²) in [6.45, 7) is 3.77. The highest BCUT2D eigenvalue weighted by Gasteiger charge is 2.30. The molecule has 3 nitrogen and oxygen atoms in total. The molecule has 0 radical (unpaired) electrons. The first-order chi connectivity index (χ1) is 11.3. The molecular formula is C18H15F3N2O. The minimum atomic E-state index is -4.41. The van der Waals surface area contributed by atoms with Crippen LogP contribution in [0.2, 0.25) is 0 Å². The van der Waals surface area contributed by atoms with Crippen molar-refractivity contribution < 1.29 is 13.2 Å². The zero-order valence-corrected chi connectivity index (χ0v) is 13.2. The van der Waals surface area contributed by atoms with Gasteiger partial charge < -0.3 is 0 Å². The molecule has 0 aliphatic heterocycles. The van der Waals surface area contributed by atoms with Crippen LogP contribution in [0.1, 0.15) is 22.4 Å². The van der Waals surface area contributed by atoms with Gasteiger partial charge >= 0.3 is 6.18 Å². The van der Waals surface area contributed by atoms with Crippen molar-refractivity contribution in [3.05, 3.63) is 75.2 Å². The van der Waals surface area contributed by atoms with E-state index >= 15 is 0 Å². The van der Waals surface area contributed by atoms with Crippen LogP contribution in [0, 0.1) is 13.8 Å². The molecule has 2 aromatic heterocycles. The van der Waals surface area contributed by atoms with Crippen molar-refractivity contribution in [3.63, 3.8) is 0 Å². The van der Waals surface area contributed by atoms with Gasteiger partial charge in [-0.15, -0.1) is 0 Å². The third-order valence-electron chi connectivity index (χ3n) is 3.88. The third-order valence-corrected chi connectivity index (χ3v) is 3.88. The average molecular weight is 332 g/mol. The number of hydrogen-bond donors (Lipinski definition) is 0. The molecule has 3 rings (SSSR count). The van der Waals surface area contributed by atoms with Crippen LogP contribution in [-0.2, 0) is 12.7 Å². The summed E-state index contributed by atoms with van der Waals surface area (Å²) in [6.07, 6.45) is -4.41. The molecule has 0 bridgehead atoms. The lowest BCUT2D eigenvalue weighted by molar-refractivity contribution is -0.137. The molecule has 2 heterocycles. The predicted molar refractivity (Wildman–Crippen MR) is 86.0 cm³/mol. The fourth-order valence-corrected chi connectivity index (χ4v) is 2.77. The molecule has 0 unspecified atom stereocenters. The predicted octanol–water partition coefficient (Wildman–Crippen LogP) is 4.08. The zero-order valence-electron chi connectivity index (χ0n) is 13.2. The van der Waals surface area contributed by atoms with E-state index in [1.165, 1.54) is 16.7 Å². The highest BCUT2D eigenvalue weighted by Crippen LogP contribution is 2.29. The summed E-state index contributed by atoms with van der Waals surface area (Å²) in [4.78, 5) is 16.6. The van der Waals surface area contributed by atoms with E-state index in [2.05, 4.69) is 4.98 Å². The number of nitrogens with zero attached hydrogens (tertiary/aromatic N) is 2. The normalized spacial score (nSPS) is 11.9. The second kappa shape index (κ2) is 5.78. The first-order valence-corrected chi connectivity index (χ1v) is 7.39. The van der Waals surface area contributed by atoms with Crippen LogP contribution in [0.4, 0.5) is 13.2 Å². The van der Waals surface area contributed by atoms with E-state index in [1.54, 1.807) is 12.1 Å². The molecule has 0 atom stereocenters. The summed E-state index contributed by atoms with van der Waals surface area (Å²) in [5.74, 6) is 0. The highest BCUT2D eigenvalue weighted by molar-refractivity contribution is 5.79. The maximum atomic E-state index is 12.9. The van der Waals surface area contributed by atoms with E-state index < -0.39 is 11.7 Å². The van der Waals surface area contributed by atoms with Crippen molar-refractivity contribution in [1.29, 1.82) is 0 Å². The molecule has 0 saturated carbocycles. The molecule has 1 aromatic carbocycles. The first-order valence-electron chi connectivity index (χ1n) is 7.39. The molecule has 0 aliphatic rings. The van der Waals surface area contributed by atoms with Crippen LogP contribution in [0.3, 0.4) is 0 Å². The second-order valence-corrected chi connectivity index (χ2v) is 5.77. The van der Waals surface area contributed by atoms with Crippen LogP contribution in [0.5, 0.6) is 0 Å². The van der Waals surface area contributed by atoms with Gasteiger partial charge in [-0.2, -0.15) is 13.2 Å². The highest BCUT2D eigenvalue weighted by atomic mass is 19.4. The minimum absolute atomic E-state index is 0.0377. The quantitative estimate of drug-likeness (QED) is 0.709. The molecule has 0 spiro atoms. The van der Waals surface area contributed by atoms with Crippen molar-refractivity contribution >= 4 is 11.0 Å². The fraction of sp³-hybridized carbons (Fsp3) is 0.222. The fourth-order valence-electron chi connectivity index (χ4n) is 2.77. The monoisotopic (exact) mass is 332 g/mol. The molecule has 6 heteroatoms. The number of aromatic nitrogens is 2. The molecule has 0 N–H and O–H groups in total. The number of aryl methyl sites for hydroxylation is 2. The van der Waals surface area contributed by atoms with Gasteiger partial charge in [0.15, 0.2) is 0 Å². The Morgan fingerprint density at radius 1 is 1.08 bits per heavy atom. The maximum Gasteiger partial charge on any atom is 0.416 e. The van der Waals surface area contributed by atoms with Crippen molar-refractivity contribution in [2.45, 2.75) is 26.6 Å². The first kappa shape index (κ1) is 16.2. The van der Waals surface area contributed by atoms with Gasteiger partial charge in [-0.25, -0.2) is 4.98 Å². The number of fused-ring (bicyclic) bond motifs is 1. The standard InChI is InChI=1S/C18H15F3N2O/c1-11-8-12(2)22-17-15(11)6-7-16(24)23(17)10-13-4-3-5-14(9-13)18(19,20)21/h3-9H,10H2,1-2H3. The SMILES string of the molecule is Cc1cc(C)c2ccc(=O)n(Cc3cccc(C(F)(F)F)c3)c2n1. The van der Waals surface area contributed by atoms with Gasteiger partial charge in [0, 0.05) is 17.1 Å². The zero-order chi connectivity index (χ0) is 17.5. The average Bonchev–Trinajstić information content (AvgIpc) is 2.49. The van der Waals surface area contributed by atoms with Crippen LogP contribution in [-0.4, -0.2) is 9.55 Å². The molecule has 0 amide bonds. The summed E-state index contributed by atoms with van der Waals surface area (Å²) in [6, 6.07) is 10.0. The Morgan fingerprint density at radius 2 is 1.83 bits per heavy atom. The number of halogens is 3. The van der Waals surface area contributed by atoms with Gasteiger partial charge in [0.1, 0.15) is 5.65 Å². The summed E-state index contributed by atoms with van der Waals surface area (Å²) < 4.78 is 40.0. The molecule has 124 valence electrons.